The van der Waals surface area contributed by atoms with Crippen molar-refractivity contribution in [3.8, 4) is 0 Å². The van der Waals surface area contributed by atoms with Crippen LogP contribution in [0, 0.1) is 17.8 Å². The average Bonchev–Trinajstić information content (AvgIpc) is 2.90. The van der Waals surface area contributed by atoms with Crippen LogP contribution in [-0.4, -0.2) is 50.2 Å². The molecular formula is C13H22N2O2. The predicted octanol–water partition coefficient (Wildman–Crippen LogP) is 0.481. The van der Waals surface area contributed by atoms with E-state index in [1.807, 2.05) is 0 Å². The molecule has 96 valence electrons. The van der Waals surface area contributed by atoms with Gasteiger partial charge in [0.15, 0.2) is 0 Å². The van der Waals surface area contributed by atoms with Gasteiger partial charge in [-0.05, 0) is 31.8 Å². The molecule has 3 aliphatic rings. The zero-order chi connectivity index (χ0) is 11.7. The maximum atomic E-state index is 12.2. The molecule has 3 aliphatic heterocycles. The third kappa shape index (κ3) is 2.47. The number of ether oxygens (including phenoxy) is 1. The largest absolute Gasteiger partial charge is 0.381 e. The minimum atomic E-state index is 0.381. The van der Waals surface area contributed by atoms with Crippen molar-refractivity contribution in [2.45, 2.75) is 19.3 Å². The zero-order valence-corrected chi connectivity index (χ0v) is 10.4. The highest BCUT2D eigenvalue weighted by molar-refractivity contribution is 5.76. The Hall–Kier alpha value is -0.610. The second kappa shape index (κ2) is 4.94. The van der Waals surface area contributed by atoms with Crippen molar-refractivity contribution in [2.24, 2.45) is 17.8 Å². The number of fused-ring (bicyclic) bond motifs is 1. The summed E-state index contributed by atoms with van der Waals surface area (Å²) in [4.78, 5) is 14.3. The summed E-state index contributed by atoms with van der Waals surface area (Å²) < 4.78 is 5.44. The molecule has 0 radical (unpaired) electrons. The average molecular weight is 238 g/mol. The van der Waals surface area contributed by atoms with E-state index in [0.29, 0.717) is 23.7 Å². The molecule has 0 unspecified atom stereocenters. The molecule has 2 atom stereocenters. The Labute approximate surface area is 103 Å². The molecule has 3 rings (SSSR count). The maximum Gasteiger partial charge on any atom is 0.222 e. The standard InChI is InChI=1S/C13H22N2O2/c16-13(5-10-1-3-14-4-2-10)15-6-11-8-17-9-12(11)7-15/h10-12,14H,1-9H2/t11-,12-/m1/s1. The third-order valence-corrected chi connectivity index (χ3v) is 4.52. The molecule has 4 nitrogen and oxygen atoms in total. The number of likely N-dealkylation sites (tertiary alicyclic amines) is 1. The number of carbonyl (C=O) groups excluding carboxylic acids is 1. The molecule has 3 heterocycles. The van der Waals surface area contributed by atoms with E-state index < -0.39 is 0 Å². The van der Waals surface area contributed by atoms with E-state index in [0.717, 1.165) is 58.7 Å². The van der Waals surface area contributed by atoms with Crippen molar-refractivity contribution >= 4 is 5.91 Å². The summed E-state index contributed by atoms with van der Waals surface area (Å²) in [5, 5.41) is 3.35. The molecule has 0 bridgehead atoms. The van der Waals surface area contributed by atoms with Gasteiger partial charge in [0.25, 0.3) is 0 Å². The summed E-state index contributed by atoms with van der Waals surface area (Å²) in [6, 6.07) is 0. The van der Waals surface area contributed by atoms with Crippen molar-refractivity contribution in [2.75, 3.05) is 39.4 Å². The second-order valence-electron chi connectivity index (χ2n) is 5.75. The minimum Gasteiger partial charge on any atom is -0.381 e. The summed E-state index contributed by atoms with van der Waals surface area (Å²) >= 11 is 0. The van der Waals surface area contributed by atoms with Gasteiger partial charge < -0.3 is 15.0 Å². The Morgan fingerprint density at radius 3 is 2.47 bits per heavy atom. The molecule has 3 fully saturated rings. The predicted molar refractivity (Wildman–Crippen MR) is 64.6 cm³/mol. The highest BCUT2D eigenvalue weighted by Gasteiger charge is 2.39. The molecule has 0 aromatic heterocycles. The number of amides is 1. The summed E-state index contributed by atoms with van der Waals surface area (Å²) in [6.45, 7) is 5.76. The Bertz CT molecular complexity index is 277. The van der Waals surface area contributed by atoms with Gasteiger partial charge >= 0.3 is 0 Å². The second-order valence-corrected chi connectivity index (χ2v) is 5.75. The van der Waals surface area contributed by atoms with Crippen molar-refractivity contribution in [3.63, 3.8) is 0 Å². The van der Waals surface area contributed by atoms with E-state index in [2.05, 4.69) is 10.2 Å². The highest BCUT2D eigenvalue weighted by atomic mass is 16.5. The van der Waals surface area contributed by atoms with Gasteiger partial charge in [0.1, 0.15) is 0 Å². The maximum absolute atomic E-state index is 12.2. The van der Waals surface area contributed by atoms with Crippen molar-refractivity contribution in [1.82, 2.24) is 10.2 Å². The van der Waals surface area contributed by atoms with Crippen LogP contribution in [0.15, 0.2) is 0 Å². The van der Waals surface area contributed by atoms with Crippen LogP contribution in [0.2, 0.25) is 0 Å². The third-order valence-electron chi connectivity index (χ3n) is 4.52. The van der Waals surface area contributed by atoms with E-state index in [1.54, 1.807) is 0 Å². The van der Waals surface area contributed by atoms with Gasteiger partial charge in [0.05, 0.1) is 13.2 Å². The van der Waals surface area contributed by atoms with Gasteiger partial charge in [0, 0.05) is 31.3 Å². The number of carbonyl (C=O) groups is 1. The Kier molecular flexibility index (Phi) is 3.34. The van der Waals surface area contributed by atoms with Crippen LogP contribution < -0.4 is 5.32 Å². The van der Waals surface area contributed by atoms with Gasteiger partial charge in [0.2, 0.25) is 5.91 Å². The first-order chi connectivity index (χ1) is 8.33. The van der Waals surface area contributed by atoms with Crippen molar-refractivity contribution in [1.29, 1.82) is 0 Å². The van der Waals surface area contributed by atoms with E-state index in [1.165, 1.54) is 0 Å². The van der Waals surface area contributed by atoms with Crippen LogP contribution in [-0.2, 0) is 9.53 Å². The fourth-order valence-electron chi connectivity index (χ4n) is 3.35. The SMILES string of the molecule is O=C(CC1CCNCC1)N1C[C@@H]2COC[C@H]2C1. The van der Waals surface area contributed by atoms with Crippen molar-refractivity contribution in [3.05, 3.63) is 0 Å². The molecule has 0 spiro atoms. The van der Waals surface area contributed by atoms with E-state index >= 15 is 0 Å². The van der Waals surface area contributed by atoms with Crippen LogP contribution in [0.5, 0.6) is 0 Å². The number of hydrogen-bond donors (Lipinski definition) is 1. The van der Waals surface area contributed by atoms with Gasteiger partial charge in [-0.1, -0.05) is 0 Å². The highest BCUT2D eigenvalue weighted by Crippen LogP contribution is 2.30. The zero-order valence-electron chi connectivity index (χ0n) is 10.4. The molecular weight excluding hydrogens is 216 g/mol. The van der Waals surface area contributed by atoms with Crippen molar-refractivity contribution < 1.29 is 9.53 Å². The van der Waals surface area contributed by atoms with Crippen LogP contribution in [0.1, 0.15) is 19.3 Å². The fraction of sp³-hybridized carbons (Fsp3) is 0.923. The lowest BCUT2D eigenvalue weighted by molar-refractivity contribution is -0.131. The molecule has 4 heteroatoms. The van der Waals surface area contributed by atoms with Gasteiger partial charge in [-0.2, -0.15) is 0 Å². The van der Waals surface area contributed by atoms with E-state index in [9.17, 15) is 4.79 Å². The summed E-state index contributed by atoms with van der Waals surface area (Å²) in [5.41, 5.74) is 0. The van der Waals surface area contributed by atoms with E-state index in [-0.39, 0.29) is 0 Å². The minimum absolute atomic E-state index is 0.381. The number of nitrogens with one attached hydrogen (secondary N) is 1. The monoisotopic (exact) mass is 238 g/mol. The Morgan fingerprint density at radius 2 is 1.82 bits per heavy atom. The fourth-order valence-corrected chi connectivity index (χ4v) is 3.35. The normalized spacial score (nSPS) is 34.0. The summed E-state index contributed by atoms with van der Waals surface area (Å²) in [7, 11) is 0. The molecule has 0 saturated carbocycles. The lowest BCUT2D eigenvalue weighted by atomic mass is 9.94. The molecule has 3 saturated heterocycles. The molecule has 0 aromatic carbocycles. The van der Waals surface area contributed by atoms with Crippen LogP contribution in [0.25, 0.3) is 0 Å². The topological polar surface area (TPSA) is 41.6 Å². The molecule has 0 aromatic rings. The molecule has 17 heavy (non-hydrogen) atoms. The number of piperidine rings is 1. The first-order valence-corrected chi connectivity index (χ1v) is 6.89. The Balaban J connectivity index is 1.49. The summed E-state index contributed by atoms with van der Waals surface area (Å²) in [6.07, 6.45) is 3.09. The van der Waals surface area contributed by atoms with Crippen LogP contribution in [0.4, 0.5) is 0 Å². The Morgan fingerprint density at radius 1 is 1.18 bits per heavy atom. The lowest BCUT2D eigenvalue weighted by Crippen LogP contribution is -2.35. The first kappa shape index (κ1) is 11.5. The number of nitrogens with zero attached hydrogens (tertiary/aromatic N) is 1. The van der Waals surface area contributed by atoms with E-state index in [4.69, 9.17) is 4.74 Å². The first-order valence-electron chi connectivity index (χ1n) is 6.89. The van der Waals surface area contributed by atoms with Crippen LogP contribution >= 0.6 is 0 Å². The van der Waals surface area contributed by atoms with Crippen LogP contribution in [0.3, 0.4) is 0 Å². The summed E-state index contributed by atoms with van der Waals surface area (Å²) in [5.74, 6) is 2.23. The molecule has 1 N–H and O–H groups in total. The lowest BCUT2D eigenvalue weighted by Gasteiger charge is -2.25. The van der Waals surface area contributed by atoms with Gasteiger partial charge in [-0.25, -0.2) is 0 Å². The molecule has 1 amide bonds. The van der Waals surface area contributed by atoms with Gasteiger partial charge in [-0.15, -0.1) is 0 Å². The smallest absolute Gasteiger partial charge is 0.222 e. The number of hydrogen-bond acceptors (Lipinski definition) is 3. The van der Waals surface area contributed by atoms with Gasteiger partial charge in [-0.3, -0.25) is 4.79 Å². The molecule has 0 aliphatic carbocycles. The quantitative estimate of drug-likeness (QED) is 0.761. The number of rotatable bonds is 2.